The highest BCUT2D eigenvalue weighted by Gasteiger charge is 2.25. The third-order valence-corrected chi connectivity index (χ3v) is 4.75. The summed E-state index contributed by atoms with van der Waals surface area (Å²) in [6.45, 7) is 5.10. The van der Waals surface area contributed by atoms with E-state index in [1.165, 1.54) is 18.2 Å². The van der Waals surface area contributed by atoms with Crippen LogP contribution in [0.2, 0.25) is 0 Å². The van der Waals surface area contributed by atoms with Gasteiger partial charge in [0.15, 0.2) is 0 Å². The van der Waals surface area contributed by atoms with E-state index in [2.05, 4.69) is 4.72 Å². The fraction of sp³-hybridized carbons (Fsp3) is 0.429. The molecule has 1 rings (SSSR count). The van der Waals surface area contributed by atoms with Gasteiger partial charge in [-0.3, -0.25) is 4.79 Å². The van der Waals surface area contributed by atoms with Gasteiger partial charge in [0.25, 0.3) is 0 Å². The molecule has 0 aliphatic rings. The molecular weight excluding hydrogens is 292 g/mol. The first kappa shape index (κ1) is 17.1. The van der Waals surface area contributed by atoms with Gasteiger partial charge >= 0.3 is 5.97 Å². The van der Waals surface area contributed by atoms with Crippen LogP contribution in [0.25, 0.3) is 0 Å². The van der Waals surface area contributed by atoms with Crippen molar-refractivity contribution < 1.29 is 18.3 Å². The molecule has 1 aromatic rings. The van der Waals surface area contributed by atoms with Crippen molar-refractivity contribution in [2.24, 2.45) is 5.92 Å². The Morgan fingerprint density at radius 1 is 1.43 bits per heavy atom. The van der Waals surface area contributed by atoms with Crippen LogP contribution in [-0.2, 0) is 14.8 Å². The third kappa shape index (κ3) is 4.55. The number of nitriles is 1. The van der Waals surface area contributed by atoms with Crippen LogP contribution in [0.5, 0.6) is 0 Å². The molecule has 0 saturated carbocycles. The number of aliphatic carboxylic acids is 1. The predicted molar refractivity (Wildman–Crippen MR) is 77.1 cm³/mol. The molecular formula is C14H18N2O4S. The van der Waals surface area contributed by atoms with Crippen molar-refractivity contribution in [1.82, 2.24) is 4.72 Å². The van der Waals surface area contributed by atoms with Crippen molar-refractivity contribution in [3.63, 3.8) is 0 Å². The van der Waals surface area contributed by atoms with Crippen molar-refractivity contribution >= 4 is 16.0 Å². The standard InChI is InChI=1S/C14H18N2O4S/c1-9(2)12(7-14(17)18)16-21(19,20)13-5-4-11(8-15)6-10(13)3/h4-6,9,12,16H,7H2,1-3H3,(H,17,18). The molecule has 6 nitrogen and oxygen atoms in total. The molecule has 1 unspecified atom stereocenters. The van der Waals surface area contributed by atoms with Crippen LogP contribution >= 0.6 is 0 Å². The summed E-state index contributed by atoms with van der Waals surface area (Å²) >= 11 is 0. The van der Waals surface area contributed by atoms with Gasteiger partial charge in [-0.25, -0.2) is 13.1 Å². The zero-order valence-electron chi connectivity index (χ0n) is 12.1. The molecule has 21 heavy (non-hydrogen) atoms. The average Bonchev–Trinajstić information content (AvgIpc) is 2.36. The smallest absolute Gasteiger partial charge is 0.304 e. The molecule has 114 valence electrons. The number of sulfonamides is 1. The van der Waals surface area contributed by atoms with E-state index in [1.807, 2.05) is 6.07 Å². The second-order valence-corrected chi connectivity index (χ2v) is 6.84. The first-order valence-electron chi connectivity index (χ1n) is 6.42. The summed E-state index contributed by atoms with van der Waals surface area (Å²) in [5.74, 6) is -1.22. The second kappa shape index (κ2) is 6.70. The van der Waals surface area contributed by atoms with Crippen molar-refractivity contribution in [1.29, 1.82) is 5.26 Å². The lowest BCUT2D eigenvalue weighted by atomic mass is 10.0. The van der Waals surface area contributed by atoms with Crippen molar-refractivity contribution in [2.75, 3.05) is 0 Å². The number of carbonyl (C=O) groups is 1. The minimum absolute atomic E-state index is 0.0533. The molecule has 0 aromatic heterocycles. The molecule has 7 heteroatoms. The average molecular weight is 310 g/mol. The number of benzene rings is 1. The molecule has 0 spiro atoms. The van der Waals surface area contributed by atoms with E-state index in [0.717, 1.165) is 0 Å². The Bertz CT molecular complexity index is 675. The molecule has 0 saturated heterocycles. The van der Waals surface area contributed by atoms with Gasteiger partial charge in [0, 0.05) is 6.04 Å². The Morgan fingerprint density at radius 2 is 2.05 bits per heavy atom. The first-order valence-corrected chi connectivity index (χ1v) is 7.90. The van der Waals surface area contributed by atoms with Gasteiger partial charge in [-0.2, -0.15) is 5.26 Å². The summed E-state index contributed by atoms with van der Waals surface area (Å²) in [5.41, 5.74) is 0.816. The van der Waals surface area contributed by atoms with Gasteiger partial charge in [-0.15, -0.1) is 0 Å². The SMILES string of the molecule is Cc1cc(C#N)ccc1S(=O)(=O)NC(CC(=O)O)C(C)C. The normalized spacial score (nSPS) is 12.9. The highest BCUT2D eigenvalue weighted by atomic mass is 32.2. The topological polar surface area (TPSA) is 107 Å². The largest absolute Gasteiger partial charge is 0.481 e. The molecule has 0 bridgehead atoms. The maximum atomic E-state index is 12.4. The van der Waals surface area contributed by atoms with E-state index < -0.39 is 22.0 Å². The molecule has 0 aliphatic carbocycles. The molecule has 0 amide bonds. The van der Waals surface area contributed by atoms with E-state index in [0.29, 0.717) is 11.1 Å². The lowest BCUT2D eigenvalue weighted by Crippen LogP contribution is -2.40. The number of carboxylic acid groups (broad SMARTS) is 1. The maximum absolute atomic E-state index is 12.4. The van der Waals surface area contributed by atoms with Gasteiger partial charge in [-0.1, -0.05) is 13.8 Å². The molecule has 2 N–H and O–H groups in total. The number of hydrogen-bond acceptors (Lipinski definition) is 4. The number of carboxylic acids is 1. The van der Waals surface area contributed by atoms with Crippen LogP contribution in [0.4, 0.5) is 0 Å². The van der Waals surface area contributed by atoms with Crippen molar-refractivity contribution in [3.8, 4) is 6.07 Å². The minimum atomic E-state index is -3.83. The quantitative estimate of drug-likeness (QED) is 0.830. The van der Waals surface area contributed by atoms with E-state index in [4.69, 9.17) is 10.4 Å². The van der Waals surface area contributed by atoms with Crippen LogP contribution in [0.3, 0.4) is 0 Å². The molecule has 0 fully saturated rings. The predicted octanol–water partition coefficient (Wildman–Crippen LogP) is 1.64. The number of aryl methyl sites for hydroxylation is 1. The van der Waals surface area contributed by atoms with Gasteiger partial charge in [0.1, 0.15) is 0 Å². The zero-order valence-corrected chi connectivity index (χ0v) is 12.9. The monoisotopic (exact) mass is 310 g/mol. The van der Waals surface area contributed by atoms with Crippen LogP contribution < -0.4 is 4.72 Å². The summed E-state index contributed by atoms with van der Waals surface area (Å²) in [6.07, 6.45) is -0.285. The van der Waals surface area contributed by atoms with Gasteiger partial charge < -0.3 is 5.11 Å². The van der Waals surface area contributed by atoms with Gasteiger partial charge in [0.2, 0.25) is 10.0 Å². The van der Waals surface area contributed by atoms with Gasteiger partial charge in [-0.05, 0) is 36.6 Å². The Morgan fingerprint density at radius 3 is 2.48 bits per heavy atom. The van der Waals surface area contributed by atoms with Crippen LogP contribution in [0.15, 0.2) is 23.1 Å². The molecule has 1 atom stereocenters. The summed E-state index contributed by atoms with van der Waals surface area (Å²) in [4.78, 5) is 10.9. The fourth-order valence-corrected chi connectivity index (χ4v) is 3.50. The zero-order chi connectivity index (χ0) is 16.2. The fourth-order valence-electron chi connectivity index (χ4n) is 1.88. The minimum Gasteiger partial charge on any atom is -0.481 e. The maximum Gasteiger partial charge on any atom is 0.304 e. The van der Waals surface area contributed by atoms with Crippen LogP contribution in [-0.4, -0.2) is 25.5 Å². The van der Waals surface area contributed by atoms with Gasteiger partial charge in [0.05, 0.1) is 22.9 Å². The number of nitrogens with one attached hydrogen (secondary N) is 1. The highest BCUT2D eigenvalue weighted by Crippen LogP contribution is 2.18. The van der Waals surface area contributed by atoms with E-state index in [-0.39, 0.29) is 17.2 Å². The lowest BCUT2D eigenvalue weighted by molar-refractivity contribution is -0.137. The molecule has 0 aliphatic heterocycles. The highest BCUT2D eigenvalue weighted by molar-refractivity contribution is 7.89. The number of rotatable bonds is 6. The number of hydrogen-bond donors (Lipinski definition) is 2. The lowest BCUT2D eigenvalue weighted by Gasteiger charge is -2.21. The van der Waals surface area contributed by atoms with E-state index in [1.54, 1.807) is 20.8 Å². The summed E-state index contributed by atoms with van der Waals surface area (Å²) in [6, 6.07) is 5.50. The third-order valence-electron chi connectivity index (χ3n) is 3.10. The molecule has 0 radical (unpaired) electrons. The Kier molecular flexibility index (Phi) is 5.47. The van der Waals surface area contributed by atoms with E-state index in [9.17, 15) is 13.2 Å². The number of nitrogens with zero attached hydrogens (tertiary/aromatic N) is 1. The van der Waals surface area contributed by atoms with Crippen molar-refractivity contribution in [3.05, 3.63) is 29.3 Å². The van der Waals surface area contributed by atoms with Crippen LogP contribution in [0, 0.1) is 24.2 Å². The van der Waals surface area contributed by atoms with E-state index >= 15 is 0 Å². The molecule has 1 aromatic carbocycles. The second-order valence-electron chi connectivity index (χ2n) is 5.16. The van der Waals surface area contributed by atoms with Crippen LogP contribution in [0.1, 0.15) is 31.4 Å². The summed E-state index contributed by atoms with van der Waals surface area (Å²) in [5, 5.41) is 17.6. The Labute approximate surface area is 124 Å². The van der Waals surface area contributed by atoms with Crippen molar-refractivity contribution in [2.45, 2.75) is 38.1 Å². The Balaban J connectivity index is 3.11. The molecule has 0 heterocycles. The first-order chi connectivity index (χ1) is 9.67. The Hall–Kier alpha value is -1.91. The summed E-state index contributed by atoms with van der Waals surface area (Å²) < 4.78 is 27.2. The summed E-state index contributed by atoms with van der Waals surface area (Å²) in [7, 11) is -3.83.